The Morgan fingerprint density at radius 2 is 1.82 bits per heavy atom. The Balaban J connectivity index is 1.61. The number of anilines is 1. The number of rotatable bonds is 4. The molecule has 0 fully saturated rings. The second-order valence-corrected chi connectivity index (χ2v) is 9.67. The van der Waals surface area contributed by atoms with Crippen molar-refractivity contribution in [2.45, 2.75) is 30.2 Å². The van der Waals surface area contributed by atoms with Crippen LogP contribution in [0.2, 0.25) is 0 Å². The third-order valence-electron chi connectivity index (χ3n) is 5.48. The van der Waals surface area contributed by atoms with E-state index in [-0.39, 0.29) is 28.1 Å². The Kier molecular flexibility index (Phi) is 6.02. The molecule has 0 saturated carbocycles. The highest BCUT2D eigenvalue weighted by Crippen LogP contribution is 2.29. The molecule has 0 aliphatic carbocycles. The fourth-order valence-corrected chi connectivity index (χ4v) is 5.63. The standard InChI is InChI=1S/C22H20F4N4O2S/c1-30-11-19-16(21(30)22(31)28-15-9-17(24)20(26)18(25)10-15)7-6-14(29-33(19,27)32)8-12-2-4-13(23)5-3-12/h2-5,9-11,14H,6-8H2,1H3,(H,28,31)(H2,27,29,32)/t14-,33?/m1/s1. The summed E-state index contributed by atoms with van der Waals surface area (Å²) in [6, 6.07) is 6.82. The molecule has 3 N–H and O–H groups in total. The molecule has 2 atom stereocenters. The quantitative estimate of drug-likeness (QED) is 0.384. The van der Waals surface area contributed by atoms with E-state index in [1.54, 1.807) is 12.1 Å². The molecule has 1 aliphatic rings. The Labute approximate surface area is 187 Å². The molecular formula is C22H20F4N4O2S. The predicted molar refractivity (Wildman–Crippen MR) is 114 cm³/mol. The highest BCUT2D eigenvalue weighted by Gasteiger charge is 2.31. The second kappa shape index (κ2) is 8.64. The van der Waals surface area contributed by atoms with Crippen molar-refractivity contribution in [3.63, 3.8) is 0 Å². The van der Waals surface area contributed by atoms with Gasteiger partial charge in [-0.2, -0.15) is 0 Å². The topological polar surface area (TPSA) is 87.0 Å². The molecule has 1 unspecified atom stereocenters. The van der Waals surface area contributed by atoms with Crippen molar-refractivity contribution in [1.82, 2.24) is 9.29 Å². The van der Waals surface area contributed by atoms with Gasteiger partial charge in [0.05, 0.1) is 4.90 Å². The van der Waals surface area contributed by atoms with Crippen LogP contribution < -0.4 is 10.0 Å². The van der Waals surface area contributed by atoms with Crippen molar-refractivity contribution >= 4 is 21.5 Å². The van der Waals surface area contributed by atoms with Gasteiger partial charge in [-0.3, -0.25) is 4.79 Å². The molecule has 0 radical (unpaired) electrons. The lowest BCUT2D eigenvalue weighted by Gasteiger charge is -2.17. The minimum atomic E-state index is -3.48. The normalized spacial score (nSPS) is 20.2. The number of fused-ring (bicyclic) bond motifs is 1. The Morgan fingerprint density at radius 1 is 1.18 bits per heavy atom. The van der Waals surface area contributed by atoms with Gasteiger partial charge >= 0.3 is 0 Å². The van der Waals surface area contributed by atoms with Gasteiger partial charge in [-0.15, -0.1) is 0 Å². The predicted octanol–water partition coefficient (Wildman–Crippen LogP) is 4.30. The maximum atomic E-state index is 13.5. The summed E-state index contributed by atoms with van der Waals surface area (Å²) < 4.78 is 79.3. The second-order valence-electron chi connectivity index (χ2n) is 7.88. The zero-order valence-electron chi connectivity index (χ0n) is 17.4. The van der Waals surface area contributed by atoms with Gasteiger partial charge in [0, 0.05) is 42.7 Å². The van der Waals surface area contributed by atoms with Gasteiger partial charge in [0.25, 0.3) is 5.91 Å². The van der Waals surface area contributed by atoms with Gasteiger partial charge < -0.3 is 9.88 Å². The number of nitrogens with zero attached hydrogens (tertiary/aromatic N) is 1. The molecule has 2 heterocycles. The average Bonchev–Trinajstić information content (AvgIpc) is 3.03. The first kappa shape index (κ1) is 23.0. The number of hydrogen-bond donors (Lipinski definition) is 3. The summed E-state index contributed by atoms with van der Waals surface area (Å²) in [5.41, 5.74) is 0.986. The van der Waals surface area contributed by atoms with E-state index in [1.165, 1.54) is 29.9 Å². The number of amides is 1. The first-order chi connectivity index (χ1) is 15.5. The third kappa shape index (κ3) is 4.64. The van der Waals surface area contributed by atoms with Gasteiger partial charge in [0.15, 0.2) is 17.5 Å². The molecule has 0 spiro atoms. The van der Waals surface area contributed by atoms with Crippen LogP contribution in [0, 0.1) is 28.0 Å². The van der Waals surface area contributed by atoms with Crippen molar-refractivity contribution in [3.8, 4) is 0 Å². The molecule has 4 rings (SSSR count). The lowest BCUT2D eigenvalue weighted by atomic mass is 9.99. The largest absolute Gasteiger partial charge is 0.345 e. The van der Waals surface area contributed by atoms with Crippen LogP contribution in [0.4, 0.5) is 23.2 Å². The number of benzene rings is 2. The minimum Gasteiger partial charge on any atom is -0.345 e. The molecule has 1 aromatic heterocycles. The van der Waals surface area contributed by atoms with Gasteiger partial charge in [0.1, 0.15) is 21.4 Å². The van der Waals surface area contributed by atoms with Crippen LogP contribution in [0.25, 0.3) is 0 Å². The molecule has 3 aromatic rings. The third-order valence-corrected chi connectivity index (χ3v) is 7.12. The number of carbonyl (C=O) groups excluding carboxylic acids is 1. The first-order valence-corrected chi connectivity index (χ1v) is 11.6. The summed E-state index contributed by atoms with van der Waals surface area (Å²) >= 11 is 0. The van der Waals surface area contributed by atoms with Crippen LogP contribution in [0.3, 0.4) is 0 Å². The molecule has 6 nitrogen and oxygen atoms in total. The summed E-state index contributed by atoms with van der Waals surface area (Å²) in [6.07, 6.45) is 2.56. The van der Waals surface area contributed by atoms with E-state index in [4.69, 9.17) is 4.78 Å². The molecule has 33 heavy (non-hydrogen) atoms. The highest BCUT2D eigenvalue weighted by molar-refractivity contribution is 7.90. The molecule has 1 amide bonds. The van der Waals surface area contributed by atoms with Crippen LogP contribution in [-0.4, -0.2) is 20.7 Å². The Hall–Kier alpha value is -3.18. The summed E-state index contributed by atoms with van der Waals surface area (Å²) in [5.74, 6) is -5.65. The van der Waals surface area contributed by atoms with Crippen molar-refractivity contribution in [2.24, 2.45) is 7.05 Å². The van der Waals surface area contributed by atoms with E-state index < -0.39 is 33.3 Å². The lowest BCUT2D eigenvalue weighted by Crippen LogP contribution is -2.34. The summed E-state index contributed by atoms with van der Waals surface area (Å²) in [7, 11) is -1.95. The minimum absolute atomic E-state index is 0.0827. The van der Waals surface area contributed by atoms with E-state index in [0.29, 0.717) is 37.0 Å². The van der Waals surface area contributed by atoms with Crippen LogP contribution in [0.1, 0.15) is 28.0 Å². The van der Waals surface area contributed by atoms with Crippen molar-refractivity contribution in [3.05, 3.63) is 82.7 Å². The van der Waals surface area contributed by atoms with Gasteiger partial charge in [-0.1, -0.05) is 12.1 Å². The number of aromatic nitrogens is 1. The van der Waals surface area contributed by atoms with E-state index in [0.717, 1.165) is 5.56 Å². The van der Waals surface area contributed by atoms with E-state index in [2.05, 4.69) is 10.0 Å². The summed E-state index contributed by atoms with van der Waals surface area (Å²) in [5, 5.41) is 2.33. The van der Waals surface area contributed by atoms with Crippen molar-refractivity contribution in [2.75, 3.05) is 5.32 Å². The zero-order valence-corrected chi connectivity index (χ0v) is 18.2. The number of aryl methyl sites for hydroxylation is 1. The fourth-order valence-electron chi connectivity index (χ4n) is 3.98. The van der Waals surface area contributed by atoms with Crippen LogP contribution in [-0.2, 0) is 29.8 Å². The Bertz CT molecular complexity index is 1310. The number of nitrogens with one attached hydrogen (secondary N) is 3. The van der Waals surface area contributed by atoms with Gasteiger partial charge in [-0.25, -0.2) is 31.3 Å². The first-order valence-electron chi connectivity index (χ1n) is 10.00. The maximum Gasteiger partial charge on any atom is 0.272 e. The monoisotopic (exact) mass is 480 g/mol. The molecule has 2 aromatic carbocycles. The molecule has 174 valence electrons. The molecule has 0 bridgehead atoms. The summed E-state index contributed by atoms with van der Waals surface area (Å²) in [4.78, 5) is 13.1. The van der Waals surface area contributed by atoms with Crippen LogP contribution >= 0.6 is 0 Å². The van der Waals surface area contributed by atoms with Gasteiger partial charge in [0.2, 0.25) is 0 Å². The molecular weight excluding hydrogens is 460 g/mol. The average molecular weight is 480 g/mol. The fraction of sp³-hybridized carbons (Fsp3) is 0.227. The zero-order chi connectivity index (χ0) is 23.9. The lowest BCUT2D eigenvalue weighted by molar-refractivity contribution is 0.101. The SMILES string of the molecule is Cn1cc2c(c1C(=O)Nc1cc(F)c(F)c(F)c1)CC[C@H](Cc1ccc(F)cc1)NS2(=N)=O. The van der Waals surface area contributed by atoms with E-state index >= 15 is 0 Å². The highest BCUT2D eigenvalue weighted by atomic mass is 32.2. The number of hydrogen-bond acceptors (Lipinski definition) is 3. The van der Waals surface area contributed by atoms with E-state index in [9.17, 15) is 26.6 Å². The van der Waals surface area contributed by atoms with Gasteiger partial charge in [-0.05, 0) is 37.0 Å². The number of halogens is 4. The van der Waals surface area contributed by atoms with Crippen molar-refractivity contribution < 1.29 is 26.6 Å². The smallest absolute Gasteiger partial charge is 0.272 e. The molecule has 11 heteroatoms. The molecule has 0 saturated heterocycles. The Morgan fingerprint density at radius 3 is 2.45 bits per heavy atom. The maximum absolute atomic E-state index is 13.5. The van der Waals surface area contributed by atoms with Crippen LogP contribution in [0.5, 0.6) is 0 Å². The van der Waals surface area contributed by atoms with Crippen molar-refractivity contribution in [1.29, 1.82) is 4.78 Å². The summed E-state index contributed by atoms with van der Waals surface area (Å²) in [6.45, 7) is 0. The van der Waals surface area contributed by atoms with Crippen LogP contribution in [0.15, 0.2) is 47.5 Å². The molecule has 1 aliphatic heterocycles. The van der Waals surface area contributed by atoms with E-state index in [1.807, 2.05) is 0 Å². The number of carbonyl (C=O) groups is 1.